The first kappa shape index (κ1) is 17.4. The number of nitrogens with zero attached hydrogens (tertiary/aromatic N) is 5. The Balaban J connectivity index is 1.63. The maximum Gasteiger partial charge on any atom is 0.225 e. The molecule has 1 N–H and O–H groups in total. The highest BCUT2D eigenvalue weighted by Crippen LogP contribution is 2.29. The van der Waals surface area contributed by atoms with Crippen molar-refractivity contribution in [1.82, 2.24) is 24.8 Å². The zero-order valence-corrected chi connectivity index (χ0v) is 15.2. The smallest absolute Gasteiger partial charge is 0.225 e. The number of anilines is 1. The van der Waals surface area contributed by atoms with Gasteiger partial charge in [-0.1, -0.05) is 6.92 Å². The molecule has 7 heteroatoms. The van der Waals surface area contributed by atoms with Crippen molar-refractivity contribution in [3.63, 3.8) is 0 Å². The molecule has 3 rings (SSSR count). The number of imidazole rings is 1. The van der Waals surface area contributed by atoms with E-state index in [0.29, 0.717) is 13.0 Å². The molecule has 2 aromatic rings. The SMILES string of the molecule is CCc1nccn1CCC(=O)N[C@@H]1CCCc2nc(N(C)C)ncc21. The van der Waals surface area contributed by atoms with Gasteiger partial charge in [0.05, 0.1) is 11.7 Å². The molecule has 0 bridgehead atoms. The molecule has 7 nitrogen and oxygen atoms in total. The molecule has 0 aromatic carbocycles. The molecule has 1 atom stereocenters. The molecule has 0 saturated heterocycles. The van der Waals surface area contributed by atoms with Crippen LogP contribution in [-0.4, -0.2) is 39.5 Å². The second-order valence-corrected chi connectivity index (χ2v) is 6.62. The lowest BCUT2D eigenvalue weighted by Crippen LogP contribution is -2.32. The molecule has 0 spiro atoms. The summed E-state index contributed by atoms with van der Waals surface area (Å²) in [5.74, 6) is 1.80. The quantitative estimate of drug-likeness (QED) is 0.867. The Morgan fingerprint density at radius 3 is 3.00 bits per heavy atom. The number of aryl methyl sites for hydroxylation is 3. The van der Waals surface area contributed by atoms with Crippen LogP contribution in [0.15, 0.2) is 18.6 Å². The molecule has 1 aliphatic rings. The summed E-state index contributed by atoms with van der Waals surface area (Å²) in [5, 5.41) is 3.16. The van der Waals surface area contributed by atoms with E-state index in [0.717, 1.165) is 48.7 Å². The van der Waals surface area contributed by atoms with Gasteiger partial charge in [0.1, 0.15) is 5.82 Å². The van der Waals surface area contributed by atoms with Gasteiger partial charge in [0.25, 0.3) is 0 Å². The van der Waals surface area contributed by atoms with Gasteiger partial charge in [-0.2, -0.15) is 0 Å². The molecule has 0 saturated carbocycles. The van der Waals surface area contributed by atoms with Gasteiger partial charge in [-0.15, -0.1) is 0 Å². The molecule has 2 heterocycles. The number of nitrogens with one attached hydrogen (secondary N) is 1. The third kappa shape index (κ3) is 3.97. The highest BCUT2D eigenvalue weighted by molar-refractivity contribution is 5.76. The van der Waals surface area contributed by atoms with E-state index < -0.39 is 0 Å². The van der Waals surface area contributed by atoms with E-state index in [1.165, 1.54) is 0 Å². The number of hydrogen-bond acceptors (Lipinski definition) is 5. The first-order valence-electron chi connectivity index (χ1n) is 8.91. The van der Waals surface area contributed by atoms with Crippen LogP contribution in [0.2, 0.25) is 0 Å². The standard InChI is InChI=1S/C18H26N6O/c1-4-16-19-9-11-24(16)10-8-17(25)21-14-6-5-7-15-13(14)12-20-18(22-15)23(2)3/h9,11-12,14H,4-8,10H2,1-3H3,(H,21,25)/t14-/m1/s1. The van der Waals surface area contributed by atoms with Gasteiger partial charge in [0, 0.05) is 57.6 Å². The maximum atomic E-state index is 12.4. The van der Waals surface area contributed by atoms with Gasteiger partial charge < -0.3 is 14.8 Å². The van der Waals surface area contributed by atoms with Crippen LogP contribution in [0, 0.1) is 0 Å². The first-order valence-corrected chi connectivity index (χ1v) is 8.91. The number of carbonyl (C=O) groups is 1. The van der Waals surface area contributed by atoms with Gasteiger partial charge in [-0.05, 0) is 19.3 Å². The Morgan fingerprint density at radius 2 is 2.24 bits per heavy atom. The normalized spacial score (nSPS) is 16.4. The Morgan fingerprint density at radius 1 is 1.40 bits per heavy atom. The minimum atomic E-state index is 0.0147. The lowest BCUT2D eigenvalue weighted by Gasteiger charge is -2.26. The minimum Gasteiger partial charge on any atom is -0.349 e. The van der Waals surface area contributed by atoms with E-state index in [2.05, 4.69) is 27.2 Å². The second kappa shape index (κ2) is 7.63. The van der Waals surface area contributed by atoms with Gasteiger partial charge in [-0.3, -0.25) is 4.79 Å². The molecule has 25 heavy (non-hydrogen) atoms. The Bertz CT molecular complexity index is 739. The van der Waals surface area contributed by atoms with Crippen LogP contribution in [0.5, 0.6) is 0 Å². The van der Waals surface area contributed by atoms with Crippen molar-refractivity contribution in [2.75, 3.05) is 19.0 Å². The van der Waals surface area contributed by atoms with E-state index in [1.807, 2.05) is 36.0 Å². The number of carbonyl (C=O) groups excluding carboxylic acids is 1. The maximum absolute atomic E-state index is 12.4. The van der Waals surface area contributed by atoms with Gasteiger partial charge in [0.2, 0.25) is 11.9 Å². The van der Waals surface area contributed by atoms with E-state index in [9.17, 15) is 4.79 Å². The lowest BCUT2D eigenvalue weighted by molar-refractivity contribution is -0.122. The van der Waals surface area contributed by atoms with E-state index in [-0.39, 0.29) is 11.9 Å². The molecule has 1 amide bonds. The van der Waals surface area contributed by atoms with Crippen molar-refractivity contribution in [1.29, 1.82) is 0 Å². The summed E-state index contributed by atoms with van der Waals surface area (Å²) in [6.07, 6.45) is 9.82. The molecule has 0 unspecified atom stereocenters. The average Bonchev–Trinajstić information content (AvgIpc) is 3.07. The summed E-state index contributed by atoms with van der Waals surface area (Å²) >= 11 is 0. The molecule has 1 aliphatic carbocycles. The third-order valence-corrected chi connectivity index (χ3v) is 4.60. The van der Waals surface area contributed by atoms with E-state index in [1.54, 1.807) is 6.20 Å². The third-order valence-electron chi connectivity index (χ3n) is 4.60. The minimum absolute atomic E-state index is 0.0147. The molecule has 0 radical (unpaired) electrons. The highest BCUT2D eigenvalue weighted by atomic mass is 16.1. The van der Waals surface area contributed by atoms with Crippen LogP contribution >= 0.6 is 0 Å². The molecule has 0 aliphatic heterocycles. The number of fused-ring (bicyclic) bond motifs is 1. The van der Waals surface area contributed by atoms with Crippen LogP contribution in [-0.2, 0) is 24.2 Å². The largest absolute Gasteiger partial charge is 0.349 e. The van der Waals surface area contributed by atoms with Crippen molar-refractivity contribution in [3.8, 4) is 0 Å². The van der Waals surface area contributed by atoms with Gasteiger partial charge in [0.15, 0.2) is 0 Å². The van der Waals surface area contributed by atoms with Crippen molar-refractivity contribution >= 4 is 11.9 Å². The van der Waals surface area contributed by atoms with E-state index >= 15 is 0 Å². The van der Waals surface area contributed by atoms with Crippen LogP contribution < -0.4 is 10.2 Å². The zero-order valence-electron chi connectivity index (χ0n) is 15.2. The molecular weight excluding hydrogens is 316 g/mol. The monoisotopic (exact) mass is 342 g/mol. The van der Waals surface area contributed by atoms with E-state index in [4.69, 9.17) is 0 Å². The van der Waals surface area contributed by atoms with Crippen LogP contribution in [0.25, 0.3) is 0 Å². The van der Waals surface area contributed by atoms with Gasteiger partial charge in [-0.25, -0.2) is 15.0 Å². The van der Waals surface area contributed by atoms with Gasteiger partial charge >= 0.3 is 0 Å². The van der Waals surface area contributed by atoms with Crippen LogP contribution in [0.4, 0.5) is 5.95 Å². The Kier molecular flexibility index (Phi) is 5.31. The predicted molar refractivity (Wildman–Crippen MR) is 96.4 cm³/mol. The zero-order chi connectivity index (χ0) is 17.8. The van der Waals surface area contributed by atoms with Crippen LogP contribution in [0.3, 0.4) is 0 Å². The summed E-state index contributed by atoms with van der Waals surface area (Å²) in [7, 11) is 3.87. The Hall–Kier alpha value is -2.44. The molecule has 2 aromatic heterocycles. The lowest BCUT2D eigenvalue weighted by atomic mass is 9.92. The summed E-state index contributed by atoms with van der Waals surface area (Å²) in [6.45, 7) is 2.73. The molecule has 0 fully saturated rings. The second-order valence-electron chi connectivity index (χ2n) is 6.62. The summed E-state index contributed by atoms with van der Waals surface area (Å²) in [6, 6.07) is 0.0147. The topological polar surface area (TPSA) is 75.9 Å². The van der Waals surface area contributed by atoms with Crippen LogP contribution in [0.1, 0.15) is 49.3 Å². The number of hydrogen-bond donors (Lipinski definition) is 1. The summed E-state index contributed by atoms with van der Waals surface area (Å²) < 4.78 is 2.04. The summed E-state index contributed by atoms with van der Waals surface area (Å²) in [4.78, 5) is 27.6. The van der Waals surface area contributed by atoms with Crippen molar-refractivity contribution in [2.45, 2.75) is 51.6 Å². The number of amides is 1. The fourth-order valence-corrected chi connectivity index (χ4v) is 3.25. The Labute approximate surface area is 148 Å². The molecular formula is C18H26N6O. The van der Waals surface area contributed by atoms with Crippen molar-refractivity contribution in [3.05, 3.63) is 35.7 Å². The van der Waals surface area contributed by atoms with Crippen molar-refractivity contribution < 1.29 is 4.79 Å². The first-order chi connectivity index (χ1) is 12.1. The molecule has 134 valence electrons. The fourth-order valence-electron chi connectivity index (χ4n) is 3.25. The number of aromatic nitrogens is 4. The predicted octanol–water partition coefficient (Wildman–Crippen LogP) is 1.89. The fraction of sp³-hybridized carbons (Fsp3) is 0.556. The number of rotatable bonds is 6. The average molecular weight is 342 g/mol. The highest BCUT2D eigenvalue weighted by Gasteiger charge is 2.24. The van der Waals surface area contributed by atoms with Crippen molar-refractivity contribution in [2.24, 2.45) is 0 Å². The summed E-state index contributed by atoms with van der Waals surface area (Å²) in [5.41, 5.74) is 2.11.